The molecule has 2 heterocycles. The summed E-state index contributed by atoms with van der Waals surface area (Å²) < 4.78 is 5.30. The van der Waals surface area contributed by atoms with Crippen molar-refractivity contribution in [3.05, 3.63) is 16.1 Å². The van der Waals surface area contributed by atoms with E-state index in [-0.39, 0.29) is 6.61 Å². The largest absolute Gasteiger partial charge is 0.377 e. The molecule has 1 saturated heterocycles. The summed E-state index contributed by atoms with van der Waals surface area (Å²) in [5.74, 6) is 0.574. The predicted octanol–water partition coefficient (Wildman–Crippen LogP) is 1.90. The van der Waals surface area contributed by atoms with Crippen LogP contribution in [0.4, 0.5) is 11.6 Å². The van der Waals surface area contributed by atoms with Crippen LogP contribution in [0.15, 0.2) is 6.07 Å². The average molecular weight is 333 g/mol. The molecule has 1 fully saturated rings. The number of aromatic nitrogens is 1. The molecule has 1 aliphatic heterocycles. The lowest BCUT2D eigenvalue weighted by atomic mass is 10.2. The van der Waals surface area contributed by atoms with E-state index in [1.54, 1.807) is 11.0 Å². The molecule has 2 rings (SSSR count). The van der Waals surface area contributed by atoms with E-state index in [1.165, 1.54) is 0 Å². The Morgan fingerprint density at radius 2 is 2.33 bits per heavy atom. The maximum absolute atomic E-state index is 11.6. The van der Waals surface area contributed by atoms with Gasteiger partial charge in [-0.05, 0) is 12.5 Å². The molecule has 0 spiro atoms. The summed E-state index contributed by atoms with van der Waals surface area (Å²) in [5, 5.41) is 3.97. The number of nitrogens with zero attached hydrogens (tertiary/aromatic N) is 2. The van der Waals surface area contributed by atoms with Gasteiger partial charge in [-0.1, -0.05) is 30.1 Å². The number of rotatable bonds is 5. The topological polar surface area (TPSA) is 80.5 Å². The Labute approximate surface area is 133 Å². The van der Waals surface area contributed by atoms with Gasteiger partial charge in [-0.2, -0.15) is 0 Å². The van der Waals surface area contributed by atoms with E-state index in [0.717, 1.165) is 13.0 Å². The Hall–Kier alpha value is -1.24. The second kappa shape index (κ2) is 7.15. The third kappa shape index (κ3) is 3.70. The van der Waals surface area contributed by atoms with Crippen LogP contribution in [0.3, 0.4) is 0 Å². The molecule has 1 aromatic rings. The molecule has 1 aliphatic rings. The molecule has 0 saturated carbocycles. The van der Waals surface area contributed by atoms with Gasteiger partial charge in [0.05, 0.1) is 23.3 Å². The van der Waals surface area contributed by atoms with E-state index in [9.17, 15) is 4.79 Å². The smallest absolute Gasteiger partial charge is 0.242 e. The standard InChI is InChI=1S/C13H18Cl2N4O2/c1-2-3-17-12-8(14)6-9(15)13(18-12)19-4-5-21-7-10(19)11(16)20/h6,10H,2-5,7H2,1H3,(H2,16,20)(H,17,18). The van der Waals surface area contributed by atoms with Crippen LogP contribution in [-0.2, 0) is 9.53 Å². The number of nitrogens with two attached hydrogens (primary N) is 1. The zero-order valence-electron chi connectivity index (χ0n) is 11.7. The molecule has 0 aromatic carbocycles. The number of anilines is 2. The van der Waals surface area contributed by atoms with E-state index in [4.69, 9.17) is 33.7 Å². The lowest BCUT2D eigenvalue weighted by Gasteiger charge is -2.35. The third-order valence-corrected chi connectivity index (χ3v) is 3.75. The van der Waals surface area contributed by atoms with Gasteiger partial charge >= 0.3 is 0 Å². The zero-order chi connectivity index (χ0) is 15.4. The summed E-state index contributed by atoms with van der Waals surface area (Å²) in [6, 6.07) is 1.04. The molecule has 1 unspecified atom stereocenters. The van der Waals surface area contributed by atoms with E-state index < -0.39 is 11.9 Å². The SMILES string of the molecule is CCCNc1nc(N2CCOCC2C(N)=O)c(Cl)cc1Cl. The van der Waals surface area contributed by atoms with Crippen molar-refractivity contribution in [1.82, 2.24) is 4.98 Å². The Morgan fingerprint density at radius 3 is 3.00 bits per heavy atom. The van der Waals surface area contributed by atoms with Crippen molar-refractivity contribution in [2.45, 2.75) is 19.4 Å². The Bertz CT molecular complexity index is 527. The second-order valence-corrected chi connectivity index (χ2v) is 5.55. The lowest BCUT2D eigenvalue weighted by Crippen LogP contribution is -2.53. The molecule has 3 N–H and O–H groups in total. The zero-order valence-corrected chi connectivity index (χ0v) is 13.2. The highest BCUT2D eigenvalue weighted by Gasteiger charge is 2.30. The number of carbonyl (C=O) groups is 1. The van der Waals surface area contributed by atoms with Crippen molar-refractivity contribution in [2.75, 3.05) is 36.5 Å². The number of pyridine rings is 1. The lowest BCUT2D eigenvalue weighted by molar-refractivity contribution is -0.121. The van der Waals surface area contributed by atoms with Crippen molar-refractivity contribution < 1.29 is 9.53 Å². The summed E-state index contributed by atoms with van der Waals surface area (Å²) >= 11 is 12.4. The molecule has 1 aromatic heterocycles. The first-order valence-electron chi connectivity index (χ1n) is 6.78. The fourth-order valence-electron chi connectivity index (χ4n) is 2.12. The molecule has 1 amide bonds. The predicted molar refractivity (Wildman–Crippen MR) is 84.2 cm³/mol. The van der Waals surface area contributed by atoms with Crippen LogP contribution in [0.5, 0.6) is 0 Å². The summed E-state index contributed by atoms with van der Waals surface area (Å²) in [5.41, 5.74) is 5.42. The molecule has 1 atom stereocenters. The van der Waals surface area contributed by atoms with Gasteiger partial charge in [-0.15, -0.1) is 0 Å². The first-order chi connectivity index (χ1) is 10.0. The van der Waals surface area contributed by atoms with Crippen LogP contribution in [0.1, 0.15) is 13.3 Å². The Kier molecular flexibility index (Phi) is 5.50. The van der Waals surface area contributed by atoms with Crippen molar-refractivity contribution in [3.63, 3.8) is 0 Å². The van der Waals surface area contributed by atoms with E-state index >= 15 is 0 Å². The molecule has 0 radical (unpaired) electrons. The number of primary amides is 1. The fraction of sp³-hybridized carbons (Fsp3) is 0.538. The maximum atomic E-state index is 11.6. The van der Waals surface area contributed by atoms with Gasteiger partial charge in [-0.3, -0.25) is 4.79 Å². The molecule has 0 bridgehead atoms. The van der Waals surface area contributed by atoms with Crippen LogP contribution in [0.2, 0.25) is 10.0 Å². The number of morpholine rings is 1. The highest BCUT2D eigenvalue weighted by molar-refractivity contribution is 6.37. The van der Waals surface area contributed by atoms with Crippen LogP contribution in [-0.4, -0.2) is 43.2 Å². The maximum Gasteiger partial charge on any atom is 0.242 e. The van der Waals surface area contributed by atoms with Gasteiger partial charge in [0.15, 0.2) is 5.82 Å². The van der Waals surface area contributed by atoms with Gasteiger partial charge in [0, 0.05) is 13.1 Å². The fourth-order valence-corrected chi connectivity index (χ4v) is 2.65. The number of nitrogens with one attached hydrogen (secondary N) is 1. The van der Waals surface area contributed by atoms with Gasteiger partial charge in [0.1, 0.15) is 11.9 Å². The molecule has 0 aliphatic carbocycles. The minimum atomic E-state index is -0.580. The van der Waals surface area contributed by atoms with Crippen molar-refractivity contribution in [1.29, 1.82) is 0 Å². The van der Waals surface area contributed by atoms with Crippen LogP contribution < -0.4 is 16.0 Å². The third-order valence-electron chi connectivity index (χ3n) is 3.18. The average Bonchev–Trinajstić information content (AvgIpc) is 2.46. The van der Waals surface area contributed by atoms with E-state index in [2.05, 4.69) is 10.3 Å². The monoisotopic (exact) mass is 332 g/mol. The Balaban J connectivity index is 2.34. The normalized spacial score (nSPS) is 18.6. The van der Waals surface area contributed by atoms with Crippen molar-refractivity contribution in [2.24, 2.45) is 5.73 Å². The highest BCUT2D eigenvalue weighted by Crippen LogP contribution is 2.33. The number of ether oxygens (including phenoxy) is 1. The van der Waals surface area contributed by atoms with Gasteiger partial charge in [-0.25, -0.2) is 4.98 Å². The van der Waals surface area contributed by atoms with Gasteiger partial charge in [0.2, 0.25) is 5.91 Å². The summed E-state index contributed by atoms with van der Waals surface area (Å²) in [4.78, 5) is 17.8. The molecular formula is C13H18Cl2N4O2. The molecule has 6 nitrogen and oxygen atoms in total. The summed E-state index contributed by atoms with van der Waals surface area (Å²) in [6.45, 7) is 4.00. The second-order valence-electron chi connectivity index (χ2n) is 4.74. The van der Waals surface area contributed by atoms with Crippen LogP contribution >= 0.6 is 23.2 Å². The number of halogens is 2. The van der Waals surface area contributed by atoms with Crippen LogP contribution in [0, 0.1) is 0 Å². The molecule has 8 heteroatoms. The number of hydrogen-bond acceptors (Lipinski definition) is 5. The van der Waals surface area contributed by atoms with Gasteiger partial charge < -0.3 is 20.7 Å². The summed E-state index contributed by atoms with van der Waals surface area (Å²) in [6.07, 6.45) is 0.942. The summed E-state index contributed by atoms with van der Waals surface area (Å²) in [7, 11) is 0. The first-order valence-corrected chi connectivity index (χ1v) is 7.53. The number of hydrogen-bond donors (Lipinski definition) is 2. The molecule has 21 heavy (non-hydrogen) atoms. The van der Waals surface area contributed by atoms with Crippen LogP contribution in [0.25, 0.3) is 0 Å². The number of carbonyl (C=O) groups excluding carboxylic acids is 1. The first kappa shape index (κ1) is 16.1. The highest BCUT2D eigenvalue weighted by atomic mass is 35.5. The molecule has 116 valence electrons. The quantitative estimate of drug-likeness (QED) is 0.860. The van der Waals surface area contributed by atoms with Crippen molar-refractivity contribution in [3.8, 4) is 0 Å². The Morgan fingerprint density at radius 1 is 1.57 bits per heavy atom. The van der Waals surface area contributed by atoms with Crippen molar-refractivity contribution >= 4 is 40.7 Å². The van der Waals surface area contributed by atoms with E-state index in [1.807, 2.05) is 6.92 Å². The minimum Gasteiger partial charge on any atom is -0.377 e. The number of amides is 1. The van der Waals surface area contributed by atoms with E-state index in [0.29, 0.717) is 34.8 Å². The minimum absolute atomic E-state index is 0.230. The van der Waals surface area contributed by atoms with Gasteiger partial charge in [0.25, 0.3) is 0 Å². The molecular weight excluding hydrogens is 315 g/mol.